The Morgan fingerprint density at radius 2 is 1.85 bits per heavy atom. The van der Waals surface area contributed by atoms with E-state index in [1.54, 1.807) is 4.57 Å². The van der Waals surface area contributed by atoms with Gasteiger partial charge in [0.1, 0.15) is 17.9 Å². The second-order valence-electron chi connectivity index (χ2n) is 6.91. The highest BCUT2D eigenvalue weighted by atomic mass is 16.5. The third-order valence-electron chi connectivity index (χ3n) is 4.49. The number of pyridine rings is 1. The molecule has 0 aliphatic heterocycles. The highest BCUT2D eigenvalue weighted by molar-refractivity contribution is 5.94. The topological polar surface area (TPSA) is 51.5 Å². The highest BCUT2D eigenvalue weighted by Gasteiger charge is 2.18. The Bertz CT molecular complexity index is 1010. The molecular weight excluding hydrogens is 340 g/mol. The quantitative estimate of drug-likeness (QED) is 0.605. The summed E-state index contributed by atoms with van der Waals surface area (Å²) >= 11 is 0. The molecule has 0 atom stereocenters. The van der Waals surface area contributed by atoms with Gasteiger partial charge in [0.2, 0.25) is 0 Å². The Morgan fingerprint density at radius 3 is 2.52 bits per heavy atom. The van der Waals surface area contributed by atoms with Crippen LogP contribution in [-0.4, -0.2) is 43.0 Å². The molecule has 0 saturated heterocycles. The average Bonchev–Trinajstić information content (AvgIpc) is 2.65. The lowest BCUT2D eigenvalue weighted by Gasteiger charge is -2.18. The second kappa shape index (κ2) is 8.18. The van der Waals surface area contributed by atoms with Crippen molar-refractivity contribution in [2.75, 3.05) is 27.2 Å². The van der Waals surface area contributed by atoms with Crippen LogP contribution >= 0.6 is 0 Å². The fourth-order valence-corrected chi connectivity index (χ4v) is 3.08. The normalized spacial score (nSPS) is 11.1. The molecule has 140 valence electrons. The first-order chi connectivity index (χ1) is 13.0. The van der Waals surface area contributed by atoms with E-state index in [9.17, 15) is 9.59 Å². The van der Waals surface area contributed by atoms with E-state index in [1.165, 1.54) is 0 Å². The van der Waals surface area contributed by atoms with Gasteiger partial charge in [-0.15, -0.1) is 0 Å². The number of rotatable bonds is 7. The lowest BCUT2D eigenvalue weighted by atomic mass is 10.1. The summed E-state index contributed by atoms with van der Waals surface area (Å²) in [6.07, 6.45) is 0.608. The lowest BCUT2D eigenvalue weighted by Crippen LogP contribution is -2.27. The molecule has 0 saturated carbocycles. The molecule has 2 aromatic carbocycles. The van der Waals surface area contributed by atoms with Gasteiger partial charge in [0, 0.05) is 11.9 Å². The second-order valence-corrected chi connectivity index (χ2v) is 6.91. The third-order valence-corrected chi connectivity index (χ3v) is 4.49. The van der Waals surface area contributed by atoms with Gasteiger partial charge in [-0.05, 0) is 38.7 Å². The molecule has 0 bridgehead atoms. The predicted octanol–water partition coefficient (Wildman–Crippen LogP) is 3.11. The number of ether oxygens (including phenoxy) is 1. The van der Waals surface area contributed by atoms with Crippen molar-refractivity contribution in [1.29, 1.82) is 0 Å². The van der Waals surface area contributed by atoms with Crippen LogP contribution in [-0.2, 0) is 6.54 Å². The van der Waals surface area contributed by atoms with Crippen molar-refractivity contribution in [2.45, 2.75) is 13.5 Å². The van der Waals surface area contributed by atoms with Crippen molar-refractivity contribution in [3.05, 3.63) is 75.6 Å². The van der Waals surface area contributed by atoms with E-state index in [0.717, 1.165) is 22.0 Å². The van der Waals surface area contributed by atoms with Crippen molar-refractivity contribution >= 4 is 17.2 Å². The molecule has 1 heterocycles. The minimum atomic E-state index is -0.329. The summed E-state index contributed by atoms with van der Waals surface area (Å²) in [5.74, 6) is 0.375. The molecule has 0 spiro atoms. The predicted molar refractivity (Wildman–Crippen MR) is 108 cm³/mol. The van der Waals surface area contributed by atoms with E-state index in [4.69, 9.17) is 4.74 Å². The van der Waals surface area contributed by atoms with Crippen LogP contribution in [0.5, 0.6) is 5.75 Å². The molecule has 5 heteroatoms. The van der Waals surface area contributed by atoms with Gasteiger partial charge >= 0.3 is 0 Å². The van der Waals surface area contributed by atoms with Crippen molar-refractivity contribution in [3.63, 3.8) is 0 Å². The van der Waals surface area contributed by atoms with Gasteiger partial charge in [0.25, 0.3) is 5.56 Å². The maximum atomic E-state index is 13.1. The van der Waals surface area contributed by atoms with Gasteiger partial charge in [0.05, 0.1) is 12.1 Å². The first kappa shape index (κ1) is 18.9. The van der Waals surface area contributed by atoms with Crippen LogP contribution < -0.4 is 10.3 Å². The van der Waals surface area contributed by atoms with Crippen molar-refractivity contribution < 1.29 is 9.53 Å². The van der Waals surface area contributed by atoms with E-state index in [1.807, 2.05) is 74.4 Å². The average molecular weight is 364 g/mol. The number of aryl methyl sites for hydroxylation is 1. The minimum Gasteiger partial charge on any atom is -0.491 e. The molecule has 3 aromatic rings. The van der Waals surface area contributed by atoms with Gasteiger partial charge in [0.15, 0.2) is 6.29 Å². The van der Waals surface area contributed by atoms with Crippen LogP contribution in [0, 0.1) is 6.92 Å². The van der Waals surface area contributed by atoms with E-state index < -0.39 is 0 Å². The zero-order chi connectivity index (χ0) is 19.4. The Kier molecular flexibility index (Phi) is 5.72. The summed E-state index contributed by atoms with van der Waals surface area (Å²) in [6.45, 7) is 3.48. The number of hydrogen-bond acceptors (Lipinski definition) is 4. The van der Waals surface area contributed by atoms with Gasteiger partial charge in [-0.2, -0.15) is 0 Å². The number of hydrogen-bond donors (Lipinski definition) is 0. The van der Waals surface area contributed by atoms with Crippen LogP contribution in [0.2, 0.25) is 0 Å². The summed E-state index contributed by atoms with van der Waals surface area (Å²) in [4.78, 5) is 26.8. The molecule has 27 heavy (non-hydrogen) atoms. The van der Waals surface area contributed by atoms with E-state index in [2.05, 4.69) is 0 Å². The van der Waals surface area contributed by atoms with Crippen LogP contribution in [0.3, 0.4) is 0 Å². The van der Waals surface area contributed by atoms with Crippen molar-refractivity contribution in [3.8, 4) is 5.75 Å². The fourth-order valence-electron chi connectivity index (χ4n) is 3.08. The molecule has 3 rings (SSSR count). The molecule has 0 N–H and O–H groups in total. The number of fused-ring (bicyclic) bond motifs is 1. The molecule has 1 aromatic heterocycles. The number of nitrogens with zero attached hydrogens (tertiary/aromatic N) is 2. The zero-order valence-electron chi connectivity index (χ0n) is 15.9. The number of likely N-dealkylation sites (N-methyl/N-ethyl adjacent to an activating group) is 1. The van der Waals surface area contributed by atoms with Gasteiger partial charge in [-0.25, -0.2) is 0 Å². The number of benzene rings is 2. The molecule has 0 aliphatic rings. The number of carbonyl (C=O) groups is 1. The summed E-state index contributed by atoms with van der Waals surface area (Å²) in [7, 11) is 3.90. The smallest absolute Gasteiger partial charge is 0.265 e. The summed E-state index contributed by atoms with van der Waals surface area (Å²) in [5, 5.41) is 0.784. The number of aldehydes is 1. The number of aromatic nitrogens is 1. The zero-order valence-corrected chi connectivity index (χ0v) is 15.9. The third kappa shape index (κ3) is 4.09. The lowest BCUT2D eigenvalue weighted by molar-refractivity contribution is 0.111. The summed E-state index contributed by atoms with van der Waals surface area (Å²) in [5.41, 5.74) is 2.55. The van der Waals surface area contributed by atoms with E-state index in [0.29, 0.717) is 31.7 Å². The monoisotopic (exact) mass is 364 g/mol. The van der Waals surface area contributed by atoms with Crippen molar-refractivity contribution in [2.24, 2.45) is 0 Å². The van der Waals surface area contributed by atoms with E-state index >= 15 is 0 Å². The fraction of sp³-hybridized carbons (Fsp3) is 0.273. The minimum absolute atomic E-state index is 0.0720. The Morgan fingerprint density at radius 1 is 1.11 bits per heavy atom. The standard InChI is InChI=1S/C22H24N2O3/c1-16-9-10-20-18(13-16)21(27-12-11-23(2)3)19(15-25)22(26)24(20)14-17-7-5-4-6-8-17/h4-10,13,15H,11-12,14H2,1-3H3. The first-order valence-corrected chi connectivity index (χ1v) is 8.95. The molecular formula is C22H24N2O3. The van der Waals surface area contributed by atoms with E-state index in [-0.39, 0.29) is 11.1 Å². The molecule has 0 fully saturated rings. The van der Waals surface area contributed by atoms with Gasteiger partial charge < -0.3 is 14.2 Å². The maximum absolute atomic E-state index is 13.1. The van der Waals surface area contributed by atoms with Crippen LogP contribution in [0.15, 0.2) is 53.3 Å². The Hall–Kier alpha value is -2.92. The molecule has 0 amide bonds. The summed E-state index contributed by atoms with van der Waals surface area (Å²) < 4.78 is 7.55. The summed E-state index contributed by atoms with van der Waals surface area (Å²) in [6, 6.07) is 15.6. The molecule has 5 nitrogen and oxygen atoms in total. The van der Waals surface area contributed by atoms with Crippen LogP contribution in [0.4, 0.5) is 0 Å². The SMILES string of the molecule is Cc1ccc2c(c1)c(OCCN(C)C)c(C=O)c(=O)n2Cc1ccccc1. The van der Waals surface area contributed by atoms with Crippen molar-refractivity contribution in [1.82, 2.24) is 9.47 Å². The highest BCUT2D eigenvalue weighted by Crippen LogP contribution is 2.28. The molecule has 0 unspecified atom stereocenters. The Balaban J connectivity index is 2.18. The van der Waals surface area contributed by atoms with Crippen LogP contribution in [0.25, 0.3) is 10.9 Å². The molecule has 0 aliphatic carbocycles. The first-order valence-electron chi connectivity index (χ1n) is 8.95. The number of carbonyl (C=O) groups excluding carboxylic acids is 1. The van der Waals surface area contributed by atoms with Gasteiger partial charge in [-0.3, -0.25) is 9.59 Å². The van der Waals surface area contributed by atoms with Crippen LogP contribution in [0.1, 0.15) is 21.5 Å². The Labute approximate surface area is 158 Å². The largest absolute Gasteiger partial charge is 0.491 e. The molecule has 0 radical (unpaired) electrons. The maximum Gasteiger partial charge on any atom is 0.265 e. The van der Waals surface area contributed by atoms with Gasteiger partial charge in [-0.1, -0.05) is 42.0 Å².